The molecule has 0 unspecified atom stereocenters. The number of hydrogen-bond acceptors (Lipinski definition) is 7. The van der Waals surface area contributed by atoms with Gasteiger partial charge in [-0.05, 0) is 37.6 Å². The second kappa shape index (κ2) is 11.2. The Morgan fingerprint density at radius 1 is 0.943 bits per heavy atom. The number of fused-ring (bicyclic) bond motifs is 3. The summed E-state index contributed by atoms with van der Waals surface area (Å²) in [5.74, 6) is -0.178. The van der Waals surface area contributed by atoms with Crippen molar-refractivity contribution in [3.63, 3.8) is 0 Å². The molecular formula is C28H30O7. The number of carbonyl (C=O) groups excluding carboxylic acids is 2. The number of ketones is 1. The normalized spacial score (nSPS) is 12.5. The maximum absolute atomic E-state index is 13.3. The first-order valence-electron chi connectivity index (χ1n) is 12.2. The smallest absolute Gasteiger partial charge is 0.374 e. The standard InChI is InChI=1S/C28H30O7/c1-3-5-6-7-8-9-12-33-19-10-11-20-18(13-19)17-34-24-16-25-21(14-22(24)27(20)30)23(29)15-26(35-25)28(31)32-4-2/h10-11,13-16H,3-9,12,17H2,1-2H3. The van der Waals surface area contributed by atoms with Crippen LogP contribution in [0.1, 0.15) is 84.4 Å². The molecule has 2 aromatic carbocycles. The highest BCUT2D eigenvalue weighted by molar-refractivity contribution is 6.13. The second-order valence-electron chi connectivity index (χ2n) is 8.59. The molecule has 0 atom stereocenters. The maximum Gasteiger partial charge on any atom is 0.374 e. The fourth-order valence-electron chi connectivity index (χ4n) is 4.16. The summed E-state index contributed by atoms with van der Waals surface area (Å²) in [4.78, 5) is 38.0. The molecule has 4 rings (SSSR count). The molecule has 184 valence electrons. The predicted molar refractivity (Wildman–Crippen MR) is 132 cm³/mol. The molecule has 3 aromatic rings. The van der Waals surface area contributed by atoms with E-state index in [1.165, 1.54) is 37.8 Å². The third-order valence-corrected chi connectivity index (χ3v) is 6.02. The molecule has 0 N–H and O–H groups in total. The van der Waals surface area contributed by atoms with E-state index in [9.17, 15) is 14.4 Å². The van der Waals surface area contributed by atoms with Crippen molar-refractivity contribution < 1.29 is 28.2 Å². The molecule has 0 aliphatic carbocycles. The Kier molecular flexibility index (Phi) is 7.85. The first-order valence-corrected chi connectivity index (χ1v) is 12.2. The monoisotopic (exact) mass is 478 g/mol. The molecule has 1 aliphatic heterocycles. The topological polar surface area (TPSA) is 92.0 Å². The number of esters is 1. The van der Waals surface area contributed by atoms with Crippen molar-refractivity contribution in [2.24, 2.45) is 0 Å². The average molecular weight is 479 g/mol. The third kappa shape index (κ3) is 5.56. The van der Waals surface area contributed by atoms with Crippen LogP contribution in [0.3, 0.4) is 0 Å². The molecule has 0 radical (unpaired) electrons. The molecule has 0 bridgehead atoms. The Morgan fingerprint density at radius 3 is 2.54 bits per heavy atom. The van der Waals surface area contributed by atoms with Crippen molar-refractivity contribution in [3.8, 4) is 11.5 Å². The van der Waals surface area contributed by atoms with Gasteiger partial charge in [-0.3, -0.25) is 9.59 Å². The van der Waals surface area contributed by atoms with Crippen LogP contribution in [-0.4, -0.2) is 25.0 Å². The molecule has 1 aromatic heterocycles. The Bertz CT molecular complexity index is 1290. The van der Waals surface area contributed by atoms with E-state index in [2.05, 4.69) is 6.92 Å². The van der Waals surface area contributed by atoms with Gasteiger partial charge in [0.05, 0.1) is 24.2 Å². The van der Waals surface area contributed by atoms with E-state index >= 15 is 0 Å². The maximum atomic E-state index is 13.3. The van der Waals surface area contributed by atoms with E-state index in [1.807, 2.05) is 6.07 Å². The molecule has 7 heteroatoms. The molecular weight excluding hydrogens is 448 g/mol. The highest BCUT2D eigenvalue weighted by Crippen LogP contribution is 2.33. The summed E-state index contributed by atoms with van der Waals surface area (Å²) in [6.45, 7) is 4.82. The largest absolute Gasteiger partial charge is 0.494 e. The third-order valence-electron chi connectivity index (χ3n) is 6.02. The van der Waals surface area contributed by atoms with Crippen molar-refractivity contribution >= 4 is 22.7 Å². The average Bonchev–Trinajstić information content (AvgIpc) is 2.98. The second-order valence-corrected chi connectivity index (χ2v) is 8.59. The number of carbonyl (C=O) groups is 2. The number of benzene rings is 2. The zero-order chi connectivity index (χ0) is 24.8. The summed E-state index contributed by atoms with van der Waals surface area (Å²) in [7, 11) is 0. The van der Waals surface area contributed by atoms with Crippen molar-refractivity contribution in [3.05, 3.63) is 69.1 Å². The molecule has 1 aliphatic rings. The molecule has 0 spiro atoms. The summed E-state index contributed by atoms with van der Waals surface area (Å²) in [5, 5.41) is 0.191. The lowest BCUT2D eigenvalue weighted by atomic mass is 9.98. The summed E-state index contributed by atoms with van der Waals surface area (Å²) in [5.41, 5.74) is 1.20. The van der Waals surface area contributed by atoms with Crippen LogP contribution in [0.15, 0.2) is 45.6 Å². The minimum Gasteiger partial charge on any atom is -0.494 e. The van der Waals surface area contributed by atoms with Gasteiger partial charge in [-0.2, -0.15) is 0 Å². The van der Waals surface area contributed by atoms with Crippen molar-refractivity contribution in [2.45, 2.75) is 59.0 Å². The van der Waals surface area contributed by atoms with Gasteiger partial charge >= 0.3 is 5.97 Å². The van der Waals surface area contributed by atoms with Crippen molar-refractivity contribution in [2.75, 3.05) is 13.2 Å². The van der Waals surface area contributed by atoms with Gasteiger partial charge in [-0.25, -0.2) is 4.79 Å². The van der Waals surface area contributed by atoms with Gasteiger partial charge in [-0.15, -0.1) is 0 Å². The molecule has 2 heterocycles. The summed E-state index contributed by atoms with van der Waals surface area (Å²) in [6, 6.07) is 9.39. The fraction of sp³-hybridized carbons (Fsp3) is 0.393. The van der Waals surface area contributed by atoms with Gasteiger partial charge in [0.25, 0.3) is 0 Å². The predicted octanol–water partition coefficient (Wildman–Crippen LogP) is 5.83. The Morgan fingerprint density at radius 2 is 1.74 bits per heavy atom. The minimum atomic E-state index is -0.723. The van der Waals surface area contributed by atoms with Crippen LogP contribution in [0.4, 0.5) is 0 Å². The fourth-order valence-corrected chi connectivity index (χ4v) is 4.16. The number of unbranched alkanes of at least 4 members (excludes halogenated alkanes) is 5. The Hall–Kier alpha value is -3.61. The van der Waals surface area contributed by atoms with Gasteiger partial charge in [0.1, 0.15) is 23.7 Å². The number of ether oxygens (including phenoxy) is 3. The van der Waals surface area contributed by atoms with E-state index in [0.717, 1.165) is 18.9 Å². The minimum absolute atomic E-state index is 0.154. The van der Waals surface area contributed by atoms with Crippen LogP contribution >= 0.6 is 0 Å². The lowest BCUT2D eigenvalue weighted by Gasteiger charge is -2.10. The molecule has 0 amide bonds. The number of hydrogen-bond donors (Lipinski definition) is 0. The van der Waals surface area contributed by atoms with E-state index in [4.69, 9.17) is 18.6 Å². The van der Waals surface area contributed by atoms with Crippen LogP contribution in [0.2, 0.25) is 0 Å². The highest BCUT2D eigenvalue weighted by atomic mass is 16.5. The van der Waals surface area contributed by atoms with Crippen molar-refractivity contribution in [1.82, 2.24) is 0 Å². The Balaban J connectivity index is 1.53. The first kappa shape index (κ1) is 24.5. The van der Waals surface area contributed by atoms with Crippen LogP contribution in [0.25, 0.3) is 11.0 Å². The summed E-state index contributed by atoms with van der Waals surface area (Å²) >= 11 is 0. The molecule has 7 nitrogen and oxygen atoms in total. The van der Waals surface area contributed by atoms with Gasteiger partial charge < -0.3 is 18.6 Å². The molecule has 0 saturated heterocycles. The van der Waals surface area contributed by atoms with E-state index in [-0.39, 0.29) is 47.0 Å². The van der Waals surface area contributed by atoms with Crippen molar-refractivity contribution in [1.29, 1.82) is 0 Å². The summed E-state index contributed by atoms with van der Waals surface area (Å²) < 4.78 is 22.3. The van der Waals surface area contributed by atoms with E-state index < -0.39 is 11.4 Å². The van der Waals surface area contributed by atoms with Crippen LogP contribution in [-0.2, 0) is 11.3 Å². The van der Waals surface area contributed by atoms with Crippen LogP contribution < -0.4 is 14.9 Å². The lowest BCUT2D eigenvalue weighted by Crippen LogP contribution is -2.11. The summed E-state index contributed by atoms with van der Waals surface area (Å²) in [6.07, 6.45) is 7.11. The molecule has 35 heavy (non-hydrogen) atoms. The first-order chi connectivity index (χ1) is 17.0. The van der Waals surface area contributed by atoms with E-state index in [0.29, 0.717) is 23.5 Å². The van der Waals surface area contributed by atoms with Gasteiger partial charge in [0, 0.05) is 23.3 Å². The zero-order valence-corrected chi connectivity index (χ0v) is 20.2. The zero-order valence-electron chi connectivity index (χ0n) is 20.2. The number of rotatable bonds is 10. The molecule has 0 fully saturated rings. The SMILES string of the molecule is CCCCCCCCOc1ccc2c(c1)COc1cc3oc(C(=O)OCC)cc(=O)c3cc1C2=O. The van der Waals surface area contributed by atoms with Gasteiger partial charge in [0.2, 0.25) is 5.76 Å². The van der Waals surface area contributed by atoms with Crippen LogP contribution in [0.5, 0.6) is 11.5 Å². The quantitative estimate of drug-likeness (QED) is 0.267. The van der Waals surface area contributed by atoms with Gasteiger partial charge in [0.15, 0.2) is 11.2 Å². The lowest BCUT2D eigenvalue weighted by molar-refractivity contribution is 0.0490. The Labute approximate surface area is 204 Å². The van der Waals surface area contributed by atoms with E-state index in [1.54, 1.807) is 19.1 Å². The van der Waals surface area contributed by atoms with Gasteiger partial charge in [-0.1, -0.05) is 39.0 Å². The molecule has 0 saturated carbocycles. The highest BCUT2D eigenvalue weighted by Gasteiger charge is 2.25. The van der Waals surface area contributed by atoms with Crippen LogP contribution in [0, 0.1) is 0 Å².